The van der Waals surface area contributed by atoms with Crippen LogP contribution >= 0.6 is 0 Å². The summed E-state index contributed by atoms with van der Waals surface area (Å²) >= 11 is 0. The largest absolute Gasteiger partial charge is 0.496 e. The fraction of sp³-hybridized carbons (Fsp3) is 0.375. The molecular formula is C24H28N2O3. The molecule has 2 aromatic carbocycles. The van der Waals surface area contributed by atoms with Crippen LogP contribution in [0, 0.1) is 0 Å². The van der Waals surface area contributed by atoms with E-state index < -0.39 is 0 Å². The third kappa shape index (κ3) is 4.30. The van der Waals surface area contributed by atoms with Crippen LogP contribution < -0.4 is 4.74 Å². The molecule has 5 heteroatoms. The van der Waals surface area contributed by atoms with Gasteiger partial charge < -0.3 is 18.9 Å². The molecule has 0 atom stereocenters. The summed E-state index contributed by atoms with van der Waals surface area (Å²) in [6, 6.07) is 16.4. The predicted octanol–water partition coefficient (Wildman–Crippen LogP) is 4.15. The van der Waals surface area contributed by atoms with E-state index in [2.05, 4.69) is 22.8 Å². The SMILES string of the molecule is COc1ccccc1CCCCn1cc(C(=O)N2CCOCC2)c2ccccc21. The van der Waals surface area contributed by atoms with Crippen LogP contribution in [0.1, 0.15) is 28.8 Å². The van der Waals surface area contributed by atoms with Crippen LogP contribution in [0.15, 0.2) is 54.7 Å². The van der Waals surface area contributed by atoms with Crippen molar-refractivity contribution >= 4 is 16.8 Å². The van der Waals surface area contributed by atoms with Crippen molar-refractivity contribution in [3.05, 3.63) is 65.9 Å². The smallest absolute Gasteiger partial charge is 0.256 e. The molecule has 152 valence electrons. The number of methoxy groups -OCH3 is 1. The highest BCUT2D eigenvalue weighted by Gasteiger charge is 2.22. The second kappa shape index (κ2) is 9.14. The number of rotatable bonds is 7. The Kier molecular flexibility index (Phi) is 6.15. The number of morpholine rings is 1. The number of benzene rings is 2. The molecule has 2 heterocycles. The highest BCUT2D eigenvalue weighted by Crippen LogP contribution is 2.24. The lowest BCUT2D eigenvalue weighted by molar-refractivity contribution is 0.0304. The van der Waals surface area contributed by atoms with Gasteiger partial charge in [-0.2, -0.15) is 0 Å². The van der Waals surface area contributed by atoms with Crippen molar-refractivity contribution in [2.24, 2.45) is 0 Å². The quantitative estimate of drug-likeness (QED) is 0.568. The Morgan fingerprint density at radius 1 is 1.03 bits per heavy atom. The van der Waals surface area contributed by atoms with Gasteiger partial charge in [-0.1, -0.05) is 36.4 Å². The molecule has 1 aliphatic rings. The maximum absolute atomic E-state index is 13.1. The van der Waals surface area contributed by atoms with Crippen LogP contribution in [-0.2, 0) is 17.7 Å². The molecule has 1 fully saturated rings. The van der Waals surface area contributed by atoms with Gasteiger partial charge in [-0.05, 0) is 37.0 Å². The third-order valence-electron chi connectivity index (χ3n) is 5.60. The Hall–Kier alpha value is -2.79. The Labute approximate surface area is 171 Å². The van der Waals surface area contributed by atoms with E-state index in [0.29, 0.717) is 26.3 Å². The molecule has 1 amide bonds. The Morgan fingerprint density at radius 3 is 2.62 bits per heavy atom. The van der Waals surface area contributed by atoms with Crippen molar-refractivity contribution in [1.29, 1.82) is 0 Å². The molecular weight excluding hydrogens is 364 g/mol. The number of aromatic nitrogens is 1. The number of hydrogen-bond donors (Lipinski definition) is 0. The second-order valence-electron chi connectivity index (χ2n) is 7.43. The van der Waals surface area contributed by atoms with Gasteiger partial charge in [0.25, 0.3) is 5.91 Å². The molecule has 0 saturated carbocycles. The molecule has 4 rings (SSSR count). The minimum atomic E-state index is 0.109. The number of amides is 1. The average Bonchev–Trinajstić information content (AvgIpc) is 3.16. The number of para-hydroxylation sites is 2. The van der Waals surface area contributed by atoms with Crippen LogP contribution in [-0.4, -0.2) is 48.8 Å². The lowest BCUT2D eigenvalue weighted by atomic mass is 10.1. The lowest BCUT2D eigenvalue weighted by Gasteiger charge is -2.26. The molecule has 0 radical (unpaired) electrons. The Balaban J connectivity index is 1.45. The van der Waals surface area contributed by atoms with E-state index in [0.717, 1.165) is 48.0 Å². The van der Waals surface area contributed by atoms with Crippen LogP contribution in [0.4, 0.5) is 0 Å². The van der Waals surface area contributed by atoms with Gasteiger partial charge in [0, 0.05) is 36.7 Å². The van der Waals surface area contributed by atoms with Crippen molar-refractivity contribution in [3.8, 4) is 5.75 Å². The topological polar surface area (TPSA) is 43.7 Å². The zero-order chi connectivity index (χ0) is 20.1. The number of ether oxygens (including phenoxy) is 2. The van der Waals surface area contributed by atoms with Gasteiger partial charge in [-0.15, -0.1) is 0 Å². The van der Waals surface area contributed by atoms with E-state index in [-0.39, 0.29) is 5.91 Å². The van der Waals surface area contributed by atoms with Crippen molar-refractivity contribution in [2.75, 3.05) is 33.4 Å². The molecule has 5 nitrogen and oxygen atoms in total. The number of unbranched alkanes of at least 4 members (excludes halogenated alkanes) is 1. The molecule has 0 N–H and O–H groups in total. The van der Waals surface area contributed by atoms with Gasteiger partial charge in [0.2, 0.25) is 0 Å². The Bertz CT molecular complexity index is 973. The molecule has 1 aliphatic heterocycles. The number of nitrogens with zero attached hydrogens (tertiary/aromatic N) is 2. The molecule has 1 saturated heterocycles. The zero-order valence-corrected chi connectivity index (χ0v) is 17.0. The van der Waals surface area contributed by atoms with Crippen LogP contribution in [0.2, 0.25) is 0 Å². The summed E-state index contributed by atoms with van der Waals surface area (Å²) < 4.78 is 13.1. The predicted molar refractivity (Wildman–Crippen MR) is 115 cm³/mol. The average molecular weight is 392 g/mol. The number of carbonyl (C=O) groups excluding carboxylic acids is 1. The number of fused-ring (bicyclic) bond motifs is 1. The van der Waals surface area contributed by atoms with E-state index in [1.807, 2.05) is 41.4 Å². The fourth-order valence-corrected chi connectivity index (χ4v) is 4.05. The Morgan fingerprint density at radius 2 is 1.79 bits per heavy atom. The number of aryl methyl sites for hydroxylation is 2. The van der Waals surface area contributed by atoms with Gasteiger partial charge in [0.1, 0.15) is 5.75 Å². The van der Waals surface area contributed by atoms with E-state index in [9.17, 15) is 4.79 Å². The van der Waals surface area contributed by atoms with Crippen LogP contribution in [0.5, 0.6) is 5.75 Å². The summed E-state index contributed by atoms with van der Waals surface area (Å²) in [6.07, 6.45) is 5.13. The molecule has 0 spiro atoms. The molecule has 29 heavy (non-hydrogen) atoms. The molecule has 3 aromatic rings. The number of carbonyl (C=O) groups is 1. The van der Waals surface area contributed by atoms with Gasteiger partial charge in [0.05, 0.1) is 25.9 Å². The van der Waals surface area contributed by atoms with Crippen molar-refractivity contribution in [3.63, 3.8) is 0 Å². The molecule has 0 aliphatic carbocycles. The van der Waals surface area contributed by atoms with Crippen molar-refractivity contribution < 1.29 is 14.3 Å². The van der Waals surface area contributed by atoms with E-state index in [4.69, 9.17) is 9.47 Å². The zero-order valence-electron chi connectivity index (χ0n) is 17.0. The van der Waals surface area contributed by atoms with Gasteiger partial charge in [-0.3, -0.25) is 4.79 Å². The first-order valence-corrected chi connectivity index (χ1v) is 10.3. The maximum atomic E-state index is 13.1. The molecule has 0 bridgehead atoms. The lowest BCUT2D eigenvalue weighted by Crippen LogP contribution is -2.40. The third-order valence-corrected chi connectivity index (χ3v) is 5.60. The van der Waals surface area contributed by atoms with Crippen molar-refractivity contribution in [2.45, 2.75) is 25.8 Å². The van der Waals surface area contributed by atoms with Crippen LogP contribution in [0.25, 0.3) is 10.9 Å². The van der Waals surface area contributed by atoms with Gasteiger partial charge in [-0.25, -0.2) is 0 Å². The summed E-state index contributed by atoms with van der Waals surface area (Å²) in [5.41, 5.74) is 3.17. The minimum absolute atomic E-state index is 0.109. The molecule has 1 aromatic heterocycles. The summed E-state index contributed by atoms with van der Waals surface area (Å²) in [7, 11) is 1.72. The van der Waals surface area contributed by atoms with Gasteiger partial charge >= 0.3 is 0 Å². The summed E-state index contributed by atoms with van der Waals surface area (Å²) in [4.78, 5) is 15.0. The standard InChI is InChI=1S/C24H28N2O3/c1-28-23-12-5-2-8-19(23)9-6-7-13-26-18-21(20-10-3-4-11-22(20)26)24(27)25-14-16-29-17-15-25/h2-5,8,10-12,18H,6-7,9,13-17H2,1H3. The minimum Gasteiger partial charge on any atom is -0.496 e. The van der Waals surface area contributed by atoms with E-state index in [1.165, 1.54) is 5.56 Å². The number of hydrogen-bond acceptors (Lipinski definition) is 3. The summed E-state index contributed by atoms with van der Waals surface area (Å²) in [5.74, 6) is 1.06. The van der Waals surface area contributed by atoms with E-state index >= 15 is 0 Å². The maximum Gasteiger partial charge on any atom is 0.256 e. The highest BCUT2D eigenvalue weighted by molar-refractivity contribution is 6.07. The first-order chi connectivity index (χ1) is 14.3. The second-order valence-corrected chi connectivity index (χ2v) is 7.43. The highest BCUT2D eigenvalue weighted by atomic mass is 16.5. The normalized spacial score (nSPS) is 14.3. The summed E-state index contributed by atoms with van der Waals surface area (Å²) in [6.45, 7) is 3.46. The molecule has 0 unspecified atom stereocenters. The first kappa shape index (κ1) is 19.5. The van der Waals surface area contributed by atoms with Crippen LogP contribution in [0.3, 0.4) is 0 Å². The first-order valence-electron chi connectivity index (χ1n) is 10.3. The monoisotopic (exact) mass is 392 g/mol. The fourth-order valence-electron chi connectivity index (χ4n) is 4.05. The summed E-state index contributed by atoms with van der Waals surface area (Å²) in [5, 5.41) is 1.04. The van der Waals surface area contributed by atoms with Crippen molar-refractivity contribution in [1.82, 2.24) is 9.47 Å². The van der Waals surface area contributed by atoms with E-state index in [1.54, 1.807) is 7.11 Å². The van der Waals surface area contributed by atoms with Gasteiger partial charge in [0.15, 0.2) is 0 Å².